The van der Waals surface area contributed by atoms with Gasteiger partial charge in [0.2, 0.25) is 0 Å². The summed E-state index contributed by atoms with van der Waals surface area (Å²) >= 11 is 0. The second-order valence-corrected chi connectivity index (χ2v) is 7.44. The van der Waals surface area contributed by atoms with Crippen molar-refractivity contribution in [1.82, 2.24) is 4.98 Å². The van der Waals surface area contributed by atoms with E-state index in [1.165, 1.54) is 0 Å². The number of fused-ring (bicyclic) bond motifs is 1. The maximum absolute atomic E-state index is 12.9. The van der Waals surface area contributed by atoms with Crippen molar-refractivity contribution in [1.29, 1.82) is 0 Å². The third kappa shape index (κ3) is 3.82. The van der Waals surface area contributed by atoms with Crippen LogP contribution in [0, 0.1) is 20.8 Å². The molecular weight excluding hydrogens is 374 g/mol. The Labute approximate surface area is 175 Å². The van der Waals surface area contributed by atoms with Crippen LogP contribution in [0.2, 0.25) is 0 Å². The number of aryl methyl sites for hydroxylation is 3. The van der Waals surface area contributed by atoms with Gasteiger partial charge in [-0.3, -0.25) is 9.59 Å². The van der Waals surface area contributed by atoms with Gasteiger partial charge < -0.3 is 15.6 Å². The summed E-state index contributed by atoms with van der Waals surface area (Å²) in [6.07, 6.45) is 0. The quantitative estimate of drug-likeness (QED) is 0.419. The molecule has 0 saturated carbocycles. The van der Waals surface area contributed by atoms with Gasteiger partial charge in [0.05, 0.1) is 0 Å². The molecule has 0 spiro atoms. The molecule has 1 heterocycles. The molecular formula is C25H23N3O2. The van der Waals surface area contributed by atoms with Crippen LogP contribution < -0.4 is 10.6 Å². The number of benzene rings is 3. The van der Waals surface area contributed by atoms with Crippen molar-refractivity contribution in [2.75, 3.05) is 10.6 Å². The topological polar surface area (TPSA) is 74.0 Å². The minimum Gasteiger partial charge on any atom is -0.358 e. The van der Waals surface area contributed by atoms with Crippen LogP contribution in [-0.4, -0.2) is 16.8 Å². The maximum atomic E-state index is 12.9. The number of amides is 2. The average Bonchev–Trinajstić information content (AvgIpc) is 3.04. The summed E-state index contributed by atoms with van der Waals surface area (Å²) in [6, 6.07) is 20.1. The zero-order valence-corrected chi connectivity index (χ0v) is 17.2. The van der Waals surface area contributed by atoms with Crippen molar-refractivity contribution in [3.63, 3.8) is 0 Å². The lowest BCUT2D eigenvalue weighted by atomic mass is 10.1. The fraction of sp³-hybridized carbons (Fsp3) is 0.120. The van der Waals surface area contributed by atoms with Crippen LogP contribution in [0.1, 0.15) is 37.5 Å². The number of rotatable bonds is 4. The molecule has 1 aromatic heterocycles. The molecule has 0 unspecified atom stereocenters. The highest BCUT2D eigenvalue weighted by atomic mass is 16.2. The number of hydrogen-bond donors (Lipinski definition) is 3. The lowest BCUT2D eigenvalue weighted by Crippen LogP contribution is -2.14. The second kappa shape index (κ2) is 7.87. The van der Waals surface area contributed by atoms with E-state index in [1.807, 2.05) is 69.3 Å². The lowest BCUT2D eigenvalue weighted by Gasteiger charge is -2.12. The third-order valence-electron chi connectivity index (χ3n) is 5.35. The first-order chi connectivity index (χ1) is 14.4. The summed E-state index contributed by atoms with van der Waals surface area (Å²) in [5.41, 5.74) is 6.61. The highest BCUT2D eigenvalue weighted by Gasteiger charge is 2.12. The fourth-order valence-corrected chi connectivity index (χ4v) is 3.42. The van der Waals surface area contributed by atoms with Gasteiger partial charge in [-0.25, -0.2) is 0 Å². The molecule has 0 saturated heterocycles. The molecule has 30 heavy (non-hydrogen) atoms. The highest BCUT2D eigenvalue weighted by Crippen LogP contribution is 2.25. The van der Waals surface area contributed by atoms with E-state index in [2.05, 4.69) is 15.6 Å². The predicted octanol–water partition coefficient (Wildman–Crippen LogP) is 5.60. The Balaban J connectivity index is 1.55. The molecule has 3 N–H and O–H groups in total. The number of H-pyrrole nitrogens is 1. The molecule has 3 aromatic carbocycles. The number of aromatic amines is 1. The van der Waals surface area contributed by atoms with Gasteiger partial charge in [0.15, 0.2) is 0 Å². The Morgan fingerprint density at radius 1 is 0.767 bits per heavy atom. The van der Waals surface area contributed by atoms with Crippen molar-refractivity contribution >= 4 is 34.1 Å². The van der Waals surface area contributed by atoms with Crippen LogP contribution in [0.25, 0.3) is 10.9 Å². The molecule has 0 aliphatic heterocycles. The van der Waals surface area contributed by atoms with Gasteiger partial charge in [-0.15, -0.1) is 0 Å². The van der Waals surface area contributed by atoms with E-state index >= 15 is 0 Å². The smallest absolute Gasteiger partial charge is 0.255 e. The van der Waals surface area contributed by atoms with E-state index < -0.39 is 0 Å². The van der Waals surface area contributed by atoms with E-state index in [1.54, 1.807) is 18.2 Å². The number of carbonyl (C=O) groups is 2. The second-order valence-electron chi connectivity index (χ2n) is 7.44. The molecule has 0 fully saturated rings. The van der Waals surface area contributed by atoms with Gasteiger partial charge in [-0.1, -0.05) is 24.3 Å². The standard InChI is InChI=1S/C25H23N3O2/c1-15-9-11-20(27-24(29)18-7-5-4-6-8-18)14-23(15)28-25(30)19-10-12-22-21(13-19)16(2)17(3)26-22/h4-14,26H,1-3H3,(H,27,29)(H,28,30). The van der Waals surface area contributed by atoms with Crippen LogP contribution in [0.4, 0.5) is 11.4 Å². The minimum absolute atomic E-state index is 0.190. The average molecular weight is 397 g/mol. The van der Waals surface area contributed by atoms with Crippen LogP contribution in [0.5, 0.6) is 0 Å². The highest BCUT2D eigenvalue weighted by molar-refractivity contribution is 6.08. The van der Waals surface area contributed by atoms with Gasteiger partial charge in [0, 0.05) is 39.1 Å². The minimum atomic E-state index is -0.194. The SMILES string of the molecule is Cc1ccc(NC(=O)c2ccccc2)cc1NC(=O)c1ccc2[nH]c(C)c(C)c2c1. The molecule has 5 nitrogen and oxygen atoms in total. The van der Waals surface area contributed by atoms with Gasteiger partial charge >= 0.3 is 0 Å². The number of hydrogen-bond acceptors (Lipinski definition) is 2. The zero-order chi connectivity index (χ0) is 21.3. The van der Waals surface area contributed by atoms with Crippen molar-refractivity contribution in [2.24, 2.45) is 0 Å². The Morgan fingerprint density at radius 2 is 1.50 bits per heavy atom. The molecule has 2 amide bonds. The Morgan fingerprint density at radius 3 is 2.27 bits per heavy atom. The van der Waals surface area contributed by atoms with Crippen LogP contribution in [0.15, 0.2) is 66.7 Å². The number of nitrogens with one attached hydrogen (secondary N) is 3. The van der Waals surface area contributed by atoms with Crippen LogP contribution >= 0.6 is 0 Å². The molecule has 4 rings (SSSR count). The van der Waals surface area contributed by atoms with Crippen LogP contribution in [0.3, 0.4) is 0 Å². The molecule has 5 heteroatoms. The molecule has 0 aliphatic carbocycles. The van der Waals surface area contributed by atoms with Crippen molar-refractivity contribution in [3.8, 4) is 0 Å². The Hall–Kier alpha value is -3.86. The summed E-state index contributed by atoms with van der Waals surface area (Å²) in [5.74, 6) is -0.384. The van der Waals surface area contributed by atoms with Crippen molar-refractivity contribution < 1.29 is 9.59 Å². The Bertz CT molecular complexity index is 1260. The van der Waals surface area contributed by atoms with Crippen molar-refractivity contribution in [3.05, 3.63) is 94.7 Å². The predicted molar refractivity (Wildman–Crippen MR) is 121 cm³/mol. The molecule has 0 aliphatic rings. The number of aromatic nitrogens is 1. The molecule has 150 valence electrons. The van der Waals surface area contributed by atoms with Gasteiger partial charge in [0.1, 0.15) is 0 Å². The molecule has 4 aromatic rings. The maximum Gasteiger partial charge on any atom is 0.255 e. The van der Waals surface area contributed by atoms with Crippen LogP contribution in [-0.2, 0) is 0 Å². The summed E-state index contributed by atoms with van der Waals surface area (Å²) in [5, 5.41) is 6.89. The van der Waals surface area contributed by atoms with E-state index in [-0.39, 0.29) is 11.8 Å². The Kier molecular flexibility index (Phi) is 5.11. The molecule has 0 radical (unpaired) electrons. The van der Waals surface area contributed by atoms with E-state index in [4.69, 9.17) is 0 Å². The number of carbonyl (C=O) groups excluding carboxylic acids is 2. The van der Waals surface area contributed by atoms with Gasteiger partial charge in [0.25, 0.3) is 11.8 Å². The fourth-order valence-electron chi connectivity index (χ4n) is 3.42. The lowest BCUT2D eigenvalue weighted by molar-refractivity contribution is 0.101. The van der Waals surface area contributed by atoms with E-state index in [0.717, 1.165) is 27.7 Å². The van der Waals surface area contributed by atoms with Gasteiger partial charge in [-0.05, 0) is 74.4 Å². The van der Waals surface area contributed by atoms with Crippen molar-refractivity contribution in [2.45, 2.75) is 20.8 Å². The van der Waals surface area contributed by atoms with Gasteiger partial charge in [-0.2, -0.15) is 0 Å². The number of anilines is 2. The normalized spacial score (nSPS) is 10.8. The monoisotopic (exact) mass is 397 g/mol. The zero-order valence-electron chi connectivity index (χ0n) is 17.2. The first kappa shape index (κ1) is 19.5. The summed E-state index contributed by atoms with van der Waals surface area (Å²) < 4.78 is 0. The molecule has 0 atom stereocenters. The first-order valence-corrected chi connectivity index (χ1v) is 9.79. The summed E-state index contributed by atoms with van der Waals surface area (Å²) in [7, 11) is 0. The first-order valence-electron chi connectivity index (χ1n) is 9.79. The van der Waals surface area contributed by atoms with E-state index in [0.29, 0.717) is 22.5 Å². The summed E-state index contributed by atoms with van der Waals surface area (Å²) in [4.78, 5) is 28.6. The van der Waals surface area contributed by atoms with E-state index in [9.17, 15) is 9.59 Å². The third-order valence-corrected chi connectivity index (χ3v) is 5.35. The summed E-state index contributed by atoms with van der Waals surface area (Å²) in [6.45, 7) is 5.98. The molecule has 0 bridgehead atoms. The largest absolute Gasteiger partial charge is 0.358 e.